The van der Waals surface area contributed by atoms with Crippen LogP contribution in [0, 0.1) is 0 Å². The average molecular weight is 201 g/mol. The number of nitrogens with two attached hydrogens (primary N) is 1. The van der Waals surface area contributed by atoms with Gasteiger partial charge in [-0.3, -0.25) is 10.2 Å². The summed E-state index contributed by atoms with van der Waals surface area (Å²) >= 11 is 0. The Kier molecular flexibility index (Phi) is 6.47. The van der Waals surface area contributed by atoms with Crippen LogP contribution in [0.4, 0.5) is 0 Å². The summed E-state index contributed by atoms with van der Waals surface area (Å²) in [5, 5.41) is 5.60. The van der Waals surface area contributed by atoms with E-state index in [2.05, 4.69) is 21.1 Å². The highest BCUT2D eigenvalue weighted by Crippen LogP contribution is 1.78. The van der Waals surface area contributed by atoms with Crippen LogP contribution in [0.15, 0.2) is 4.99 Å². The molecular weight excluding hydrogens is 182 g/mol. The molecule has 6 heteroatoms. The first-order chi connectivity index (χ1) is 6.60. The molecular formula is C8H19N5O. The minimum atomic E-state index is -0.120. The highest BCUT2D eigenvalue weighted by molar-refractivity contribution is 5.84. The number of carbonyl (C=O) groups excluding carboxylic acids is 1. The Balaban J connectivity index is 3.97. The molecule has 14 heavy (non-hydrogen) atoms. The van der Waals surface area contributed by atoms with Gasteiger partial charge in [0, 0.05) is 12.6 Å². The van der Waals surface area contributed by atoms with Crippen LogP contribution >= 0.6 is 0 Å². The Morgan fingerprint density at radius 3 is 2.57 bits per heavy atom. The van der Waals surface area contributed by atoms with Crippen molar-refractivity contribution in [3.05, 3.63) is 0 Å². The average Bonchev–Trinajstić information content (AvgIpc) is 2.12. The number of nitrogens with one attached hydrogen (secondary N) is 3. The fraction of sp³-hybridized carbons (Fsp3) is 0.750. The summed E-state index contributed by atoms with van der Waals surface area (Å²) in [6, 6.07) is 0.221. The second-order valence-corrected chi connectivity index (χ2v) is 3.06. The largest absolute Gasteiger partial charge is 0.355 e. The normalized spacial score (nSPS) is 11.4. The summed E-state index contributed by atoms with van der Waals surface area (Å²) in [5.74, 6) is 5.51. The highest BCUT2D eigenvalue weighted by Gasteiger charge is 2.00. The zero-order chi connectivity index (χ0) is 11.0. The van der Waals surface area contributed by atoms with Gasteiger partial charge in [0.1, 0.15) is 6.54 Å². The Morgan fingerprint density at radius 2 is 2.14 bits per heavy atom. The van der Waals surface area contributed by atoms with Crippen molar-refractivity contribution in [2.24, 2.45) is 10.8 Å². The fourth-order valence-corrected chi connectivity index (χ4v) is 0.810. The first-order valence-corrected chi connectivity index (χ1v) is 4.64. The van der Waals surface area contributed by atoms with E-state index in [0.29, 0.717) is 12.5 Å². The summed E-state index contributed by atoms with van der Waals surface area (Å²) in [5.41, 5.74) is 2.39. The van der Waals surface area contributed by atoms with Crippen molar-refractivity contribution in [3.63, 3.8) is 0 Å². The van der Waals surface area contributed by atoms with Crippen molar-refractivity contribution in [2.45, 2.75) is 26.8 Å². The Labute approximate surface area is 84.3 Å². The van der Waals surface area contributed by atoms with Gasteiger partial charge in [-0.1, -0.05) is 0 Å². The topological polar surface area (TPSA) is 91.5 Å². The summed E-state index contributed by atoms with van der Waals surface area (Å²) in [6.45, 7) is 6.46. The number of aliphatic imine (C=N–C) groups is 1. The SMILES string of the molecule is CCNC(=O)CN=C(NN)NC(C)C. The summed E-state index contributed by atoms with van der Waals surface area (Å²) < 4.78 is 0. The molecule has 0 bridgehead atoms. The van der Waals surface area contributed by atoms with E-state index < -0.39 is 0 Å². The summed E-state index contributed by atoms with van der Waals surface area (Å²) in [6.07, 6.45) is 0. The van der Waals surface area contributed by atoms with Gasteiger partial charge in [0.15, 0.2) is 0 Å². The third-order valence-electron chi connectivity index (χ3n) is 1.32. The lowest BCUT2D eigenvalue weighted by Gasteiger charge is -2.11. The third-order valence-corrected chi connectivity index (χ3v) is 1.32. The molecule has 0 fully saturated rings. The zero-order valence-electron chi connectivity index (χ0n) is 8.92. The number of rotatable bonds is 4. The maximum atomic E-state index is 11.0. The van der Waals surface area contributed by atoms with Crippen molar-refractivity contribution >= 4 is 11.9 Å². The fourth-order valence-electron chi connectivity index (χ4n) is 0.810. The van der Waals surface area contributed by atoms with Crippen molar-refractivity contribution < 1.29 is 4.79 Å². The molecule has 82 valence electrons. The molecule has 0 saturated carbocycles. The van der Waals surface area contributed by atoms with Gasteiger partial charge in [0.2, 0.25) is 11.9 Å². The van der Waals surface area contributed by atoms with Crippen LogP contribution in [0.1, 0.15) is 20.8 Å². The monoisotopic (exact) mass is 201 g/mol. The van der Waals surface area contributed by atoms with E-state index in [-0.39, 0.29) is 18.5 Å². The number of hydrogen-bond donors (Lipinski definition) is 4. The standard InChI is InChI=1S/C8H19N5O/c1-4-10-7(14)5-11-8(13-9)12-6(2)3/h6H,4-5,9H2,1-3H3,(H,10,14)(H2,11,12,13). The zero-order valence-corrected chi connectivity index (χ0v) is 8.92. The second kappa shape index (κ2) is 7.14. The molecule has 1 amide bonds. The van der Waals surface area contributed by atoms with E-state index in [9.17, 15) is 4.79 Å². The van der Waals surface area contributed by atoms with Crippen LogP contribution in [-0.2, 0) is 4.79 Å². The summed E-state index contributed by atoms with van der Waals surface area (Å²) in [7, 11) is 0. The second-order valence-electron chi connectivity index (χ2n) is 3.06. The number of hydrazine groups is 1. The summed E-state index contributed by atoms with van der Waals surface area (Å²) in [4.78, 5) is 15.0. The highest BCUT2D eigenvalue weighted by atomic mass is 16.1. The van der Waals surface area contributed by atoms with E-state index in [1.165, 1.54) is 0 Å². The van der Waals surface area contributed by atoms with Crippen molar-refractivity contribution in [1.29, 1.82) is 0 Å². The van der Waals surface area contributed by atoms with Crippen LogP contribution in [0.2, 0.25) is 0 Å². The molecule has 0 aliphatic heterocycles. The molecule has 0 unspecified atom stereocenters. The molecule has 0 radical (unpaired) electrons. The van der Waals surface area contributed by atoms with Gasteiger partial charge in [-0.15, -0.1) is 0 Å². The number of amides is 1. The van der Waals surface area contributed by atoms with Gasteiger partial charge in [0.05, 0.1) is 0 Å². The van der Waals surface area contributed by atoms with E-state index >= 15 is 0 Å². The molecule has 0 heterocycles. The van der Waals surface area contributed by atoms with Crippen LogP contribution < -0.4 is 21.9 Å². The molecule has 0 aromatic heterocycles. The quantitative estimate of drug-likeness (QED) is 0.202. The van der Waals surface area contributed by atoms with Crippen LogP contribution in [-0.4, -0.2) is 31.0 Å². The third kappa shape index (κ3) is 6.24. The Morgan fingerprint density at radius 1 is 1.50 bits per heavy atom. The molecule has 0 aliphatic rings. The lowest BCUT2D eigenvalue weighted by Crippen LogP contribution is -2.45. The van der Waals surface area contributed by atoms with E-state index in [0.717, 1.165) is 0 Å². The maximum Gasteiger partial charge on any atom is 0.241 e. The molecule has 0 saturated heterocycles. The van der Waals surface area contributed by atoms with Crippen LogP contribution in [0.3, 0.4) is 0 Å². The van der Waals surface area contributed by atoms with Crippen LogP contribution in [0.5, 0.6) is 0 Å². The van der Waals surface area contributed by atoms with Gasteiger partial charge < -0.3 is 10.6 Å². The predicted molar refractivity (Wildman–Crippen MR) is 56.6 cm³/mol. The van der Waals surface area contributed by atoms with Gasteiger partial charge in [-0.05, 0) is 20.8 Å². The lowest BCUT2D eigenvalue weighted by atomic mass is 10.4. The van der Waals surface area contributed by atoms with Gasteiger partial charge in [-0.2, -0.15) is 0 Å². The molecule has 0 rings (SSSR count). The van der Waals surface area contributed by atoms with Crippen molar-refractivity contribution in [2.75, 3.05) is 13.1 Å². The number of carbonyl (C=O) groups is 1. The first kappa shape index (κ1) is 12.7. The molecule has 0 aliphatic carbocycles. The lowest BCUT2D eigenvalue weighted by molar-refractivity contribution is -0.119. The molecule has 0 atom stereocenters. The van der Waals surface area contributed by atoms with Gasteiger partial charge in [0.25, 0.3) is 0 Å². The minimum absolute atomic E-state index is 0.0765. The Bertz CT molecular complexity index is 202. The van der Waals surface area contributed by atoms with E-state index in [1.807, 2.05) is 20.8 Å². The van der Waals surface area contributed by atoms with E-state index in [1.54, 1.807) is 0 Å². The number of guanidine groups is 1. The maximum absolute atomic E-state index is 11.0. The molecule has 0 aromatic rings. The number of nitrogens with zero attached hydrogens (tertiary/aromatic N) is 1. The molecule has 5 N–H and O–H groups in total. The van der Waals surface area contributed by atoms with Gasteiger partial charge in [-0.25, -0.2) is 10.8 Å². The number of likely N-dealkylation sites (N-methyl/N-ethyl adjacent to an activating group) is 1. The van der Waals surface area contributed by atoms with E-state index in [4.69, 9.17) is 5.84 Å². The Hall–Kier alpha value is -1.30. The number of hydrogen-bond acceptors (Lipinski definition) is 3. The molecule has 6 nitrogen and oxygen atoms in total. The van der Waals surface area contributed by atoms with Crippen molar-refractivity contribution in [1.82, 2.24) is 16.1 Å². The van der Waals surface area contributed by atoms with Gasteiger partial charge >= 0.3 is 0 Å². The minimum Gasteiger partial charge on any atom is -0.355 e. The smallest absolute Gasteiger partial charge is 0.241 e. The molecule has 0 aromatic carbocycles. The van der Waals surface area contributed by atoms with Crippen LogP contribution in [0.25, 0.3) is 0 Å². The molecule has 0 spiro atoms. The van der Waals surface area contributed by atoms with Crippen molar-refractivity contribution in [3.8, 4) is 0 Å². The predicted octanol–water partition coefficient (Wildman–Crippen LogP) is -1.06. The first-order valence-electron chi connectivity index (χ1n) is 4.64.